The number of aromatic nitrogens is 1. The normalized spacial score (nSPS) is 19.3. The Bertz CT molecular complexity index is 451. The van der Waals surface area contributed by atoms with Crippen molar-refractivity contribution >= 4 is 5.97 Å². The number of hydrogen-bond acceptors (Lipinski definition) is 3. The van der Waals surface area contributed by atoms with E-state index >= 15 is 0 Å². The van der Waals surface area contributed by atoms with Gasteiger partial charge in [0.15, 0.2) is 0 Å². The molecule has 0 spiro atoms. The van der Waals surface area contributed by atoms with Crippen LogP contribution < -0.4 is 0 Å². The van der Waals surface area contributed by atoms with E-state index in [2.05, 4.69) is 22.9 Å². The molecule has 4 nitrogen and oxygen atoms in total. The van der Waals surface area contributed by atoms with E-state index in [0.717, 1.165) is 44.6 Å². The number of rotatable bonds is 4. The Morgan fingerprint density at radius 1 is 1.47 bits per heavy atom. The van der Waals surface area contributed by atoms with Gasteiger partial charge in [0.1, 0.15) is 0 Å². The third-order valence-electron chi connectivity index (χ3n) is 4.43. The molecule has 0 atom stereocenters. The van der Waals surface area contributed by atoms with Gasteiger partial charge < -0.3 is 5.11 Å². The van der Waals surface area contributed by atoms with E-state index in [1.165, 1.54) is 5.56 Å². The van der Waals surface area contributed by atoms with Crippen molar-refractivity contribution in [1.82, 2.24) is 9.88 Å². The zero-order chi connectivity index (χ0) is 13.9. The summed E-state index contributed by atoms with van der Waals surface area (Å²) < 4.78 is 0. The first-order valence-electron chi connectivity index (χ1n) is 6.93. The van der Waals surface area contributed by atoms with Crippen LogP contribution in [0.2, 0.25) is 0 Å². The third-order valence-corrected chi connectivity index (χ3v) is 4.43. The molecular formula is C15H22N2O2. The number of hydrogen-bond donors (Lipinski definition) is 1. The lowest BCUT2D eigenvalue weighted by molar-refractivity contribution is -0.152. The van der Waals surface area contributed by atoms with Crippen LogP contribution in [0.15, 0.2) is 18.3 Å². The van der Waals surface area contributed by atoms with Gasteiger partial charge in [-0.2, -0.15) is 0 Å². The number of likely N-dealkylation sites (tertiary alicyclic amines) is 1. The monoisotopic (exact) mass is 262 g/mol. The highest BCUT2D eigenvalue weighted by Crippen LogP contribution is 2.35. The minimum absolute atomic E-state index is 0.504. The molecule has 0 aromatic carbocycles. The van der Waals surface area contributed by atoms with E-state index in [0.29, 0.717) is 0 Å². The van der Waals surface area contributed by atoms with Crippen LogP contribution >= 0.6 is 0 Å². The first kappa shape index (κ1) is 14.0. The lowest BCUT2D eigenvalue weighted by Gasteiger charge is -2.38. The molecule has 1 aliphatic heterocycles. The fourth-order valence-electron chi connectivity index (χ4n) is 2.75. The second-order valence-corrected chi connectivity index (χ2v) is 5.48. The number of carboxylic acid groups (broad SMARTS) is 1. The van der Waals surface area contributed by atoms with Crippen molar-refractivity contribution in [3.05, 3.63) is 29.6 Å². The van der Waals surface area contributed by atoms with Crippen LogP contribution in [-0.2, 0) is 11.3 Å². The first-order valence-corrected chi connectivity index (χ1v) is 6.93. The van der Waals surface area contributed by atoms with Gasteiger partial charge >= 0.3 is 5.97 Å². The fourth-order valence-corrected chi connectivity index (χ4v) is 2.75. The van der Waals surface area contributed by atoms with Crippen LogP contribution in [0, 0.1) is 12.3 Å². The van der Waals surface area contributed by atoms with Crippen molar-refractivity contribution in [3.63, 3.8) is 0 Å². The summed E-state index contributed by atoms with van der Waals surface area (Å²) in [7, 11) is 0. The maximum absolute atomic E-state index is 11.4. The Labute approximate surface area is 114 Å². The van der Waals surface area contributed by atoms with E-state index < -0.39 is 11.4 Å². The van der Waals surface area contributed by atoms with Crippen LogP contribution in [0.5, 0.6) is 0 Å². The summed E-state index contributed by atoms with van der Waals surface area (Å²) in [4.78, 5) is 18.1. The van der Waals surface area contributed by atoms with E-state index in [4.69, 9.17) is 0 Å². The first-order chi connectivity index (χ1) is 9.07. The van der Waals surface area contributed by atoms with Crippen molar-refractivity contribution in [2.75, 3.05) is 13.1 Å². The fraction of sp³-hybridized carbons (Fsp3) is 0.600. The second-order valence-electron chi connectivity index (χ2n) is 5.48. The summed E-state index contributed by atoms with van der Waals surface area (Å²) in [5, 5.41) is 9.38. The summed E-state index contributed by atoms with van der Waals surface area (Å²) in [6.45, 7) is 6.56. The van der Waals surface area contributed by atoms with Gasteiger partial charge in [0.05, 0.1) is 11.1 Å². The summed E-state index contributed by atoms with van der Waals surface area (Å²) >= 11 is 0. The van der Waals surface area contributed by atoms with Gasteiger partial charge in [0.25, 0.3) is 0 Å². The molecule has 0 amide bonds. The maximum atomic E-state index is 11.4. The number of carbonyl (C=O) groups is 1. The van der Waals surface area contributed by atoms with E-state index in [1.54, 1.807) is 0 Å². The second kappa shape index (κ2) is 5.70. The molecule has 104 valence electrons. The molecule has 2 heterocycles. The van der Waals surface area contributed by atoms with Crippen LogP contribution in [0.25, 0.3) is 0 Å². The lowest BCUT2D eigenvalue weighted by Crippen LogP contribution is -2.43. The van der Waals surface area contributed by atoms with Crippen molar-refractivity contribution < 1.29 is 9.90 Å². The number of pyridine rings is 1. The molecule has 0 bridgehead atoms. The Balaban J connectivity index is 1.97. The molecule has 0 aliphatic carbocycles. The molecule has 4 heteroatoms. The molecule has 1 aromatic rings. The molecule has 1 aliphatic rings. The van der Waals surface area contributed by atoms with E-state index in [1.807, 2.05) is 19.2 Å². The molecule has 0 radical (unpaired) electrons. The smallest absolute Gasteiger partial charge is 0.309 e. The average molecular weight is 262 g/mol. The Kier molecular flexibility index (Phi) is 4.20. The highest BCUT2D eigenvalue weighted by molar-refractivity contribution is 5.74. The minimum Gasteiger partial charge on any atom is -0.481 e. The quantitative estimate of drug-likeness (QED) is 0.905. The van der Waals surface area contributed by atoms with Gasteiger partial charge in [0, 0.05) is 12.7 Å². The molecule has 19 heavy (non-hydrogen) atoms. The van der Waals surface area contributed by atoms with Gasteiger partial charge in [-0.05, 0) is 50.9 Å². The molecule has 1 N–H and O–H groups in total. The van der Waals surface area contributed by atoms with Gasteiger partial charge in [-0.3, -0.25) is 14.7 Å². The highest BCUT2D eigenvalue weighted by Gasteiger charge is 2.39. The number of nitrogens with zero attached hydrogens (tertiary/aromatic N) is 2. The number of piperidine rings is 1. The Morgan fingerprint density at radius 2 is 2.16 bits per heavy atom. The summed E-state index contributed by atoms with van der Waals surface area (Å²) in [6.07, 6.45) is 4.02. The number of carboxylic acids is 1. The van der Waals surface area contributed by atoms with Gasteiger partial charge in [-0.15, -0.1) is 0 Å². The number of aliphatic carboxylic acids is 1. The van der Waals surface area contributed by atoms with Crippen LogP contribution in [0.3, 0.4) is 0 Å². The van der Waals surface area contributed by atoms with Crippen LogP contribution in [-0.4, -0.2) is 34.0 Å². The molecule has 0 saturated carbocycles. The van der Waals surface area contributed by atoms with Crippen molar-refractivity contribution in [2.45, 2.75) is 39.7 Å². The van der Waals surface area contributed by atoms with Crippen molar-refractivity contribution in [2.24, 2.45) is 5.41 Å². The molecule has 0 unspecified atom stereocenters. The Morgan fingerprint density at radius 3 is 2.68 bits per heavy atom. The predicted octanol–water partition coefficient (Wildman–Crippen LogP) is 2.47. The average Bonchev–Trinajstić information content (AvgIpc) is 2.42. The van der Waals surface area contributed by atoms with Gasteiger partial charge in [-0.25, -0.2) is 0 Å². The van der Waals surface area contributed by atoms with E-state index in [-0.39, 0.29) is 0 Å². The largest absolute Gasteiger partial charge is 0.481 e. The van der Waals surface area contributed by atoms with Crippen LogP contribution in [0.1, 0.15) is 37.4 Å². The van der Waals surface area contributed by atoms with E-state index in [9.17, 15) is 9.90 Å². The standard InChI is InChI=1S/C15H22N2O2/c1-3-15(14(18)19)6-9-17(10-7-15)11-13-12(2)5-4-8-16-13/h4-5,8H,3,6-7,9-11H2,1-2H3,(H,18,19). The Hall–Kier alpha value is -1.42. The molecule has 1 saturated heterocycles. The molecule has 2 rings (SSSR count). The lowest BCUT2D eigenvalue weighted by atomic mass is 9.76. The third kappa shape index (κ3) is 2.95. The summed E-state index contributed by atoms with van der Waals surface area (Å²) in [5.41, 5.74) is 1.80. The maximum Gasteiger partial charge on any atom is 0.309 e. The van der Waals surface area contributed by atoms with Crippen molar-refractivity contribution in [3.8, 4) is 0 Å². The van der Waals surface area contributed by atoms with Gasteiger partial charge in [-0.1, -0.05) is 13.0 Å². The SMILES string of the molecule is CCC1(C(=O)O)CCN(Cc2ncccc2C)CC1. The zero-order valence-corrected chi connectivity index (χ0v) is 11.7. The molecule has 1 fully saturated rings. The minimum atomic E-state index is -0.635. The summed E-state index contributed by atoms with van der Waals surface area (Å²) in [5.74, 6) is -0.635. The van der Waals surface area contributed by atoms with Crippen molar-refractivity contribution in [1.29, 1.82) is 0 Å². The van der Waals surface area contributed by atoms with Crippen LogP contribution in [0.4, 0.5) is 0 Å². The predicted molar refractivity (Wildman–Crippen MR) is 73.8 cm³/mol. The molecular weight excluding hydrogens is 240 g/mol. The van der Waals surface area contributed by atoms with Gasteiger partial charge in [0.2, 0.25) is 0 Å². The summed E-state index contributed by atoms with van der Waals surface area (Å²) in [6, 6.07) is 4.02. The highest BCUT2D eigenvalue weighted by atomic mass is 16.4. The zero-order valence-electron chi connectivity index (χ0n) is 11.7. The number of aryl methyl sites for hydroxylation is 1. The topological polar surface area (TPSA) is 53.4 Å². The molecule has 1 aromatic heterocycles.